The Kier molecular flexibility index (Phi) is 3.34. The molecule has 0 aromatic heterocycles. The lowest BCUT2D eigenvalue weighted by molar-refractivity contribution is 0.131. The predicted molar refractivity (Wildman–Crippen MR) is 48.8 cm³/mol. The third kappa shape index (κ3) is 2.17. The van der Waals surface area contributed by atoms with Crippen molar-refractivity contribution in [1.82, 2.24) is 10.6 Å². The Balaban J connectivity index is 2.22. The minimum absolute atomic E-state index is 0.602. The third-order valence-electron chi connectivity index (χ3n) is 2.72. The van der Waals surface area contributed by atoms with Crippen molar-refractivity contribution in [3.05, 3.63) is 0 Å². The fraction of sp³-hybridized carbons (Fsp3) is 1.00. The average Bonchev–Trinajstić information content (AvgIpc) is 1.95. The zero-order chi connectivity index (χ0) is 8.16. The lowest BCUT2D eigenvalue weighted by atomic mass is 9.68. The van der Waals surface area contributed by atoms with Crippen molar-refractivity contribution < 1.29 is 0 Å². The van der Waals surface area contributed by atoms with Crippen molar-refractivity contribution >= 4 is 0 Å². The number of hydrogen-bond acceptors (Lipinski definition) is 2. The summed E-state index contributed by atoms with van der Waals surface area (Å²) in [6, 6.07) is 0. The summed E-state index contributed by atoms with van der Waals surface area (Å²) in [6.07, 6.45) is 4.23. The van der Waals surface area contributed by atoms with Crippen LogP contribution >= 0.6 is 0 Å². The van der Waals surface area contributed by atoms with Crippen LogP contribution in [-0.4, -0.2) is 26.7 Å². The van der Waals surface area contributed by atoms with Gasteiger partial charge in [-0.25, -0.2) is 0 Å². The second-order valence-corrected chi connectivity index (χ2v) is 3.66. The Labute approximate surface area is 69.8 Å². The van der Waals surface area contributed by atoms with E-state index < -0.39 is 0 Å². The molecule has 0 unspecified atom stereocenters. The van der Waals surface area contributed by atoms with Gasteiger partial charge in [0.05, 0.1) is 0 Å². The molecule has 0 spiro atoms. The van der Waals surface area contributed by atoms with Crippen LogP contribution in [-0.2, 0) is 0 Å². The van der Waals surface area contributed by atoms with E-state index in [1.165, 1.54) is 32.4 Å². The maximum atomic E-state index is 3.44. The van der Waals surface area contributed by atoms with E-state index in [1.807, 2.05) is 7.05 Å². The van der Waals surface area contributed by atoms with Gasteiger partial charge in [-0.2, -0.15) is 0 Å². The molecule has 0 radical (unpaired) electrons. The fourth-order valence-electron chi connectivity index (χ4n) is 1.86. The van der Waals surface area contributed by atoms with Gasteiger partial charge in [0.25, 0.3) is 0 Å². The second kappa shape index (κ2) is 4.07. The summed E-state index contributed by atoms with van der Waals surface area (Å²) in [5.74, 6) is 0. The second-order valence-electron chi connectivity index (χ2n) is 3.66. The van der Waals surface area contributed by atoms with Gasteiger partial charge in [0.2, 0.25) is 0 Å². The molecule has 0 atom stereocenters. The summed E-state index contributed by atoms with van der Waals surface area (Å²) >= 11 is 0. The lowest BCUT2D eigenvalue weighted by Crippen LogP contribution is -2.46. The third-order valence-corrected chi connectivity index (χ3v) is 2.72. The summed E-state index contributed by atoms with van der Waals surface area (Å²) < 4.78 is 0. The molecule has 0 aromatic carbocycles. The Morgan fingerprint density at radius 1 is 1.27 bits per heavy atom. The van der Waals surface area contributed by atoms with E-state index in [0.717, 1.165) is 6.54 Å². The van der Waals surface area contributed by atoms with Crippen molar-refractivity contribution in [2.75, 3.05) is 26.7 Å². The van der Waals surface area contributed by atoms with E-state index in [9.17, 15) is 0 Å². The summed E-state index contributed by atoms with van der Waals surface area (Å²) in [5.41, 5.74) is 0.602. The quantitative estimate of drug-likeness (QED) is 0.620. The van der Waals surface area contributed by atoms with Crippen LogP contribution in [0.1, 0.15) is 26.2 Å². The highest BCUT2D eigenvalue weighted by molar-refractivity contribution is 4.90. The van der Waals surface area contributed by atoms with Crippen LogP contribution in [0.2, 0.25) is 0 Å². The van der Waals surface area contributed by atoms with Crippen molar-refractivity contribution in [3.8, 4) is 0 Å². The molecule has 1 saturated carbocycles. The summed E-state index contributed by atoms with van der Waals surface area (Å²) in [7, 11) is 2.05. The largest absolute Gasteiger partial charge is 0.319 e. The van der Waals surface area contributed by atoms with Gasteiger partial charge in [-0.15, -0.1) is 0 Å². The maximum absolute atomic E-state index is 3.44. The zero-order valence-electron chi connectivity index (χ0n) is 7.74. The van der Waals surface area contributed by atoms with Crippen LogP contribution in [0.25, 0.3) is 0 Å². The molecule has 2 N–H and O–H groups in total. The summed E-state index contributed by atoms with van der Waals surface area (Å²) in [5, 5.41) is 6.72. The van der Waals surface area contributed by atoms with Crippen molar-refractivity contribution in [2.24, 2.45) is 5.41 Å². The van der Waals surface area contributed by atoms with E-state index in [2.05, 4.69) is 17.6 Å². The Morgan fingerprint density at radius 3 is 2.36 bits per heavy atom. The van der Waals surface area contributed by atoms with Gasteiger partial charge in [-0.05, 0) is 31.8 Å². The number of nitrogens with one attached hydrogen (secondary N) is 2. The number of rotatable bonds is 5. The smallest absolute Gasteiger partial charge is 0.00199 e. The molecule has 0 aromatic rings. The lowest BCUT2D eigenvalue weighted by Gasteiger charge is -2.42. The van der Waals surface area contributed by atoms with Gasteiger partial charge in [0.15, 0.2) is 0 Å². The van der Waals surface area contributed by atoms with E-state index in [1.54, 1.807) is 0 Å². The van der Waals surface area contributed by atoms with E-state index in [4.69, 9.17) is 0 Å². The molecule has 1 aliphatic rings. The molecule has 0 saturated heterocycles. The topological polar surface area (TPSA) is 24.1 Å². The van der Waals surface area contributed by atoms with Crippen molar-refractivity contribution in [2.45, 2.75) is 26.2 Å². The first-order valence-corrected chi connectivity index (χ1v) is 4.68. The van der Waals surface area contributed by atoms with Gasteiger partial charge in [0, 0.05) is 13.1 Å². The molecule has 66 valence electrons. The maximum Gasteiger partial charge on any atom is 0.00199 e. The van der Waals surface area contributed by atoms with E-state index >= 15 is 0 Å². The van der Waals surface area contributed by atoms with E-state index in [0.29, 0.717) is 5.41 Å². The highest BCUT2D eigenvalue weighted by Crippen LogP contribution is 2.39. The van der Waals surface area contributed by atoms with Crippen LogP contribution in [0, 0.1) is 5.41 Å². The van der Waals surface area contributed by atoms with Gasteiger partial charge < -0.3 is 10.6 Å². The highest BCUT2D eigenvalue weighted by atomic mass is 14.9. The number of hydrogen-bond donors (Lipinski definition) is 2. The van der Waals surface area contributed by atoms with Crippen molar-refractivity contribution in [3.63, 3.8) is 0 Å². The molecule has 0 bridgehead atoms. The van der Waals surface area contributed by atoms with Crippen LogP contribution in [0.4, 0.5) is 0 Å². The Bertz CT molecular complexity index is 108. The van der Waals surface area contributed by atoms with Crippen molar-refractivity contribution in [1.29, 1.82) is 0 Å². The predicted octanol–water partition coefficient (Wildman–Crippen LogP) is 0.986. The molecule has 1 aliphatic carbocycles. The molecular weight excluding hydrogens is 136 g/mol. The minimum atomic E-state index is 0.602. The molecule has 2 heteroatoms. The molecule has 1 fully saturated rings. The molecule has 1 rings (SSSR count). The van der Waals surface area contributed by atoms with Gasteiger partial charge in [-0.3, -0.25) is 0 Å². The Morgan fingerprint density at radius 2 is 2.00 bits per heavy atom. The minimum Gasteiger partial charge on any atom is -0.319 e. The molecule has 0 heterocycles. The highest BCUT2D eigenvalue weighted by Gasteiger charge is 2.35. The normalized spacial score (nSPS) is 21.3. The van der Waals surface area contributed by atoms with Gasteiger partial charge in [0.1, 0.15) is 0 Å². The monoisotopic (exact) mass is 156 g/mol. The van der Waals surface area contributed by atoms with Gasteiger partial charge in [-0.1, -0.05) is 13.3 Å². The molecule has 0 aliphatic heterocycles. The Hall–Kier alpha value is -0.0800. The fourth-order valence-corrected chi connectivity index (χ4v) is 1.86. The summed E-state index contributed by atoms with van der Waals surface area (Å²) in [6.45, 7) is 5.65. The molecule has 11 heavy (non-hydrogen) atoms. The van der Waals surface area contributed by atoms with E-state index in [-0.39, 0.29) is 0 Å². The average molecular weight is 156 g/mol. The SMILES string of the molecule is CCNCC1(CNC)CCC1. The van der Waals surface area contributed by atoms with Gasteiger partial charge >= 0.3 is 0 Å². The van der Waals surface area contributed by atoms with Crippen LogP contribution in [0.3, 0.4) is 0 Å². The first-order valence-electron chi connectivity index (χ1n) is 4.68. The molecule has 0 amide bonds. The first-order chi connectivity index (χ1) is 5.33. The zero-order valence-corrected chi connectivity index (χ0v) is 7.74. The molecule has 2 nitrogen and oxygen atoms in total. The molecular formula is C9H20N2. The summed E-state index contributed by atoms with van der Waals surface area (Å²) in [4.78, 5) is 0. The first kappa shape index (κ1) is 9.01. The standard InChI is InChI=1S/C9H20N2/c1-3-11-8-9(7-10-2)5-4-6-9/h10-11H,3-8H2,1-2H3. The van der Waals surface area contributed by atoms with Crippen LogP contribution in [0.15, 0.2) is 0 Å². The van der Waals surface area contributed by atoms with Crippen LogP contribution < -0.4 is 10.6 Å². The van der Waals surface area contributed by atoms with Crippen LogP contribution in [0.5, 0.6) is 0 Å².